The van der Waals surface area contributed by atoms with Crippen LogP contribution in [0.5, 0.6) is 0 Å². The van der Waals surface area contributed by atoms with Crippen LogP contribution in [-0.4, -0.2) is 36.8 Å². The van der Waals surface area contributed by atoms with E-state index in [4.69, 9.17) is 5.73 Å². The molecule has 1 aromatic heterocycles. The van der Waals surface area contributed by atoms with E-state index < -0.39 is 10.0 Å². The van der Waals surface area contributed by atoms with Crippen molar-refractivity contribution in [3.8, 4) is 0 Å². The molecule has 0 aliphatic rings. The Morgan fingerprint density at radius 1 is 1.40 bits per heavy atom. The van der Waals surface area contributed by atoms with E-state index in [1.807, 2.05) is 0 Å². The zero-order valence-corrected chi connectivity index (χ0v) is 12.1. The van der Waals surface area contributed by atoms with Gasteiger partial charge in [-0.25, -0.2) is 17.7 Å². The number of hydrogen-bond acceptors (Lipinski definition) is 5. The molecule has 2 aromatic rings. The van der Waals surface area contributed by atoms with Gasteiger partial charge >= 0.3 is 0 Å². The van der Waals surface area contributed by atoms with Gasteiger partial charge in [0.1, 0.15) is 5.82 Å². The number of nitrogens with zero attached hydrogens (tertiary/aromatic N) is 2. The fourth-order valence-electron chi connectivity index (χ4n) is 1.63. The molecule has 0 fully saturated rings. The Balaban J connectivity index is 2.25. The van der Waals surface area contributed by atoms with Gasteiger partial charge in [0.15, 0.2) is 0 Å². The number of aromatic nitrogens is 2. The van der Waals surface area contributed by atoms with Crippen molar-refractivity contribution < 1.29 is 8.42 Å². The van der Waals surface area contributed by atoms with Crippen LogP contribution < -0.4 is 11.1 Å². The van der Waals surface area contributed by atoms with E-state index >= 15 is 0 Å². The SMILES string of the molecule is CN(C)S(=O)(=O)c1ccc(N)c(NCc2ncc[nH]2)c1. The van der Waals surface area contributed by atoms with Crippen molar-refractivity contribution in [1.82, 2.24) is 14.3 Å². The zero-order chi connectivity index (χ0) is 14.8. The maximum absolute atomic E-state index is 12.1. The molecule has 108 valence electrons. The van der Waals surface area contributed by atoms with Gasteiger partial charge in [-0.3, -0.25) is 0 Å². The Morgan fingerprint density at radius 2 is 2.15 bits per heavy atom. The molecule has 0 bridgehead atoms. The summed E-state index contributed by atoms with van der Waals surface area (Å²) in [5.74, 6) is 0.741. The molecule has 0 amide bonds. The molecule has 0 spiro atoms. The summed E-state index contributed by atoms with van der Waals surface area (Å²) in [4.78, 5) is 7.22. The third-order valence-corrected chi connectivity index (χ3v) is 4.62. The highest BCUT2D eigenvalue weighted by atomic mass is 32.2. The second-order valence-corrected chi connectivity index (χ2v) is 6.58. The number of rotatable bonds is 5. The maximum Gasteiger partial charge on any atom is 0.242 e. The van der Waals surface area contributed by atoms with Crippen molar-refractivity contribution in [3.63, 3.8) is 0 Å². The van der Waals surface area contributed by atoms with Gasteiger partial charge in [0, 0.05) is 26.5 Å². The van der Waals surface area contributed by atoms with Crippen molar-refractivity contribution >= 4 is 21.4 Å². The molecule has 0 aliphatic carbocycles. The normalized spacial score (nSPS) is 11.8. The smallest absolute Gasteiger partial charge is 0.242 e. The van der Waals surface area contributed by atoms with E-state index in [1.54, 1.807) is 18.5 Å². The molecule has 0 radical (unpaired) electrons. The summed E-state index contributed by atoms with van der Waals surface area (Å²) in [6.45, 7) is 0.433. The summed E-state index contributed by atoms with van der Waals surface area (Å²) >= 11 is 0. The van der Waals surface area contributed by atoms with Crippen LogP contribution in [0.1, 0.15) is 5.82 Å². The van der Waals surface area contributed by atoms with Gasteiger partial charge in [-0.05, 0) is 18.2 Å². The lowest BCUT2D eigenvalue weighted by Gasteiger charge is -2.14. The van der Waals surface area contributed by atoms with Crippen molar-refractivity contribution in [2.75, 3.05) is 25.1 Å². The first-order valence-corrected chi connectivity index (χ1v) is 7.39. The Morgan fingerprint density at radius 3 is 2.75 bits per heavy atom. The third-order valence-electron chi connectivity index (χ3n) is 2.80. The molecule has 0 atom stereocenters. The summed E-state index contributed by atoms with van der Waals surface area (Å²) in [7, 11) is -0.498. The van der Waals surface area contributed by atoms with Crippen LogP contribution in [0.4, 0.5) is 11.4 Å². The molecule has 8 heteroatoms. The molecule has 2 rings (SSSR count). The monoisotopic (exact) mass is 295 g/mol. The van der Waals surface area contributed by atoms with Crippen LogP contribution in [0.15, 0.2) is 35.5 Å². The quantitative estimate of drug-likeness (QED) is 0.710. The van der Waals surface area contributed by atoms with Crippen molar-refractivity contribution in [2.24, 2.45) is 0 Å². The second-order valence-electron chi connectivity index (χ2n) is 4.43. The highest BCUT2D eigenvalue weighted by Gasteiger charge is 2.18. The maximum atomic E-state index is 12.1. The molecule has 1 heterocycles. The summed E-state index contributed by atoms with van der Waals surface area (Å²) in [5.41, 5.74) is 6.89. The van der Waals surface area contributed by atoms with Gasteiger partial charge in [0.2, 0.25) is 10.0 Å². The van der Waals surface area contributed by atoms with Crippen LogP contribution in [0.2, 0.25) is 0 Å². The molecule has 20 heavy (non-hydrogen) atoms. The van der Waals surface area contributed by atoms with Gasteiger partial charge < -0.3 is 16.0 Å². The summed E-state index contributed by atoms with van der Waals surface area (Å²) < 4.78 is 25.3. The topological polar surface area (TPSA) is 104 Å². The van der Waals surface area contributed by atoms with Gasteiger partial charge in [-0.1, -0.05) is 0 Å². The number of H-pyrrole nitrogens is 1. The molecule has 7 nitrogen and oxygen atoms in total. The second kappa shape index (κ2) is 5.51. The van der Waals surface area contributed by atoms with Crippen LogP contribution in [0, 0.1) is 0 Å². The average Bonchev–Trinajstić information content (AvgIpc) is 2.90. The van der Waals surface area contributed by atoms with Crippen LogP contribution in [0.3, 0.4) is 0 Å². The lowest BCUT2D eigenvalue weighted by Crippen LogP contribution is -2.22. The summed E-state index contributed by atoms with van der Waals surface area (Å²) in [6.07, 6.45) is 3.36. The summed E-state index contributed by atoms with van der Waals surface area (Å²) in [6, 6.07) is 4.58. The van der Waals surface area contributed by atoms with Gasteiger partial charge in [-0.2, -0.15) is 0 Å². The van der Waals surface area contributed by atoms with Gasteiger partial charge in [0.25, 0.3) is 0 Å². The molecule has 0 unspecified atom stereocenters. The predicted molar refractivity (Wildman–Crippen MR) is 77.6 cm³/mol. The Labute approximate surface area is 117 Å². The largest absolute Gasteiger partial charge is 0.397 e. The fourth-order valence-corrected chi connectivity index (χ4v) is 2.56. The number of anilines is 2. The van der Waals surface area contributed by atoms with Crippen molar-refractivity contribution in [1.29, 1.82) is 0 Å². The van der Waals surface area contributed by atoms with E-state index in [0.717, 1.165) is 10.1 Å². The Kier molecular flexibility index (Phi) is 3.96. The van der Waals surface area contributed by atoms with Gasteiger partial charge in [0.05, 0.1) is 22.8 Å². The predicted octanol–water partition coefficient (Wildman–Crippen LogP) is 0.854. The minimum atomic E-state index is -3.47. The first-order valence-electron chi connectivity index (χ1n) is 5.95. The minimum absolute atomic E-state index is 0.193. The standard InChI is InChI=1S/C12H17N5O2S/c1-17(2)20(18,19)9-3-4-10(13)11(7-9)16-8-12-14-5-6-15-12/h3-7,16H,8,13H2,1-2H3,(H,14,15). The number of hydrogen-bond donors (Lipinski definition) is 3. The van der Waals surface area contributed by atoms with E-state index in [2.05, 4.69) is 15.3 Å². The Hall–Kier alpha value is -2.06. The van der Waals surface area contributed by atoms with Crippen molar-refractivity contribution in [3.05, 3.63) is 36.4 Å². The lowest BCUT2D eigenvalue weighted by atomic mass is 10.2. The third kappa shape index (κ3) is 2.91. The molecular weight excluding hydrogens is 278 g/mol. The summed E-state index contributed by atoms with van der Waals surface area (Å²) in [5, 5.41) is 3.07. The number of benzene rings is 1. The molecule has 0 saturated carbocycles. The molecule has 0 saturated heterocycles. The number of sulfonamides is 1. The molecule has 0 aliphatic heterocycles. The number of nitrogens with one attached hydrogen (secondary N) is 2. The first kappa shape index (κ1) is 14.4. The number of imidazole rings is 1. The lowest BCUT2D eigenvalue weighted by molar-refractivity contribution is 0.521. The first-order chi connectivity index (χ1) is 9.41. The molecule has 4 N–H and O–H groups in total. The van der Waals surface area contributed by atoms with E-state index in [0.29, 0.717) is 17.9 Å². The van der Waals surface area contributed by atoms with Crippen LogP contribution in [0.25, 0.3) is 0 Å². The number of nitrogen functional groups attached to an aromatic ring is 1. The van der Waals surface area contributed by atoms with E-state index in [9.17, 15) is 8.42 Å². The Bertz CT molecular complexity index is 680. The molecular formula is C12H17N5O2S. The van der Waals surface area contributed by atoms with E-state index in [1.165, 1.54) is 26.2 Å². The van der Waals surface area contributed by atoms with Crippen LogP contribution >= 0.6 is 0 Å². The molecule has 1 aromatic carbocycles. The van der Waals surface area contributed by atoms with Crippen LogP contribution in [-0.2, 0) is 16.6 Å². The highest BCUT2D eigenvalue weighted by Crippen LogP contribution is 2.24. The number of nitrogens with two attached hydrogens (primary N) is 1. The average molecular weight is 295 g/mol. The minimum Gasteiger partial charge on any atom is -0.397 e. The number of aromatic amines is 1. The zero-order valence-electron chi connectivity index (χ0n) is 11.3. The van der Waals surface area contributed by atoms with E-state index in [-0.39, 0.29) is 4.90 Å². The highest BCUT2D eigenvalue weighted by molar-refractivity contribution is 7.89. The van der Waals surface area contributed by atoms with Crippen molar-refractivity contribution in [2.45, 2.75) is 11.4 Å². The van der Waals surface area contributed by atoms with Gasteiger partial charge in [-0.15, -0.1) is 0 Å². The fraction of sp³-hybridized carbons (Fsp3) is 0.250.